The van der Waals surface area contributed by atoms with E-state index in [-0.39, 0.29) is 12.5 Å². The number of hydrogen-bond acceptors (Lipinski definition) is 7. The molecule has 0 spiro atoms. The SMILES string of the molecule is C[C@]1(O)[C@@H]2CC[C@@H](C2)[C@@]1(C)CO[C@@H]1O[C@H](CO)[C@@H](O)[C@H](O)[C@H]1O. The molecular weight excluding hydrogens is 304 g/mol. The molecule has 2 saturated carbocycles. The van der Waals surface area contributed by atoms with E-state index in [0.29, 0.717) is 5.92 Å². The molecule has 7 heteroatoms. The number of aliphatic hydroxyl groups is 5. The largest absolute Gasteiger partial charge is 0.394 e. The van der Waals surface area contributed by atoms with Crippen LogP contribution in [-0.2, 0) is 9.47 Å². The first-order valence-electron chi connectivity index (χ1n) is 8.37. The lowest BCUT2D eigenvalue weighted by Gasteiger charge is -2.47. The Morgan fingerprint density at radius 3 is 2.26 bits per heavy atom. The number of rotatable bonds is 4. The zero-order chi connectivity index (χ0) is 17.0. The van der Waals surface area contributed by atoms with Gasteiger partial charge in [0.25, 0.3) is 0 Å². The van der Waals surface area contributed by atoms with Crippen LogP contribution in [0.4, 0.5) is 0 Å². The molecule has 23 heavy (non-hydrogen) atoms. The van der Waals surface area contributed by atoms with Gasteiger partial charge < -0.3 is 35.0 Å². The van der Waals surface area contributed by atoms with Gasteiger partial charge in [0.2, 0.25) is 0 Å². The average Bonchev–Trinajstić information content (AvgIpc) is 3.07. The summed E-state index contributed by atoms with van der Waals surface area (Å²) >= 11 is 0. The summed E-state index contributed by atoms with van der Waals surface area (Å²) in [6, 6.07) is 0. The fraction of sp³-hybridized carbons (Fsp3) is 1.00. The molecule has 1 aliphatic heterocycles. The summed E-state index contributed by atoms with van der Waals surface area (Å²) in [4.78, 5) is 0. The monoisotopic (exact) mass is 332 g/mol. The molecule has 3 rings (SSSR count). The van der Waals surface area contributed by atoms with Gasteiger partial charge in [-0.3, -0.25) is 0 Å². The number of aliphatic hydroxyl groups excluding tert-OH is 4. The molecule has 2 aliphatic carbocycles. The van der Waals surface area contributed by atoms with Crippen molar-refractivity contribution in [2.75, 3.05) is 13.2 Å². The second kappa shape index (κ2) is 5.91. The van der Waals surface area contributed by atoms with Crippen LogP contribution in [0.5, 0.6) is 0 Å². The van der Waals surface area contributed by atoms with Gasteiger partial charge in [0.15, 0.2) is 6.29 Å². The van der Waals surface area contributed by atoms with Gasteiger partial charge in [0.05, 0.1) is 18.8 Å². The number of ether oxygens (including phenoxy) is 2. The number of fused-ring (bicyclic) bond motifs is 2. The average molecular weight is 332 g/mol. The fourth-order valence-corrected chi connectivity index (χ4v) is 4.67. The normalized spacial score (nSPS) is 56.2. The van der Waals surface area contributed by atoms with E-state index >= 15 is 0 Å². The first-order valence-corrected chi connectivity index (χ1v) is 8.37. The fourth-order valence-electron chi connectivity index (χ4n) is 4.67. The highest BCUT2D eigenvalue weighted by Crippen LogP contribution is 2.61. The van der Waals surface area contributed by atoms with Gasteiger partial charge in [0, 0.05) is 5.41 Å². The molecule has 3 aliphatic rings. The Bertz CT molecular complexity index is 440. The van der Waals surface area contributed by atoms with Crippen molar-refractivity contribution in [3.05, 3.63) is 0 Å². The van der Waals surface area contributed by atoms with Crippen molar-refractivity contribution in [3.8, 4) is 0 Å². The standard InChI is InChI=1S/C16H28O7/c1-15(8-3-4-9(5-8)16(15,2)21)7-22-14-13(20)12(19)11(18)10(6-17)23-14/h8-14,17-21H,3-7H2,1-2H3/t8-,9+,10+,11+,12-,13+,14+,15+,16-/m0/s1. The molecule has 1 saturated heterocycles. The highest BCUT2D eigenvalue weighted by atomic mass is 16.7. The topological polar surface area (TPSA) is 120 Å². The molecule has 0 unspecified atom stereocenters. The molecule has 1 heterocycles. The van der Waals surface area contributed by atoms with Crippen LogP contribution >= 0.6 is 0 Å². The maximum atomic E-state index is 10.9. The van der Waals surface area contributed by atoms with E-state index in [4.69, 9.17) is 9.47 Å². The van der Waals surface area contributed by atoms with Gasteiger partial charge in [-0.15, -0.1) is 0 Å². The predicted molar refractivity (Wildman–Crippen MR) is 79.3 cm³/mol. The molecule has 9 atom stereocenters. The molecule has 2 bridgehead atoms. The van der Waals surface area contributed by atoms with E-state index in [1.54, 1.807) is 0 Å². The first-order chi connectivity index (χ1) is 10.7. The van der Waals surface area contributed by atoms with E-state index in [2.05, 4.69) is 0 Å². The molecule has 3 fully saturated rings. The van der Waals surface area contributed by atoms with Crippen molar-refractivity contribution >= 4 is 0 Å². The van der Waals surface area contributed by atoms with Gasteiger partial charge in [-0.2, -0.15) is 0 Å². The Labute approximate surface area is 135 Å². The Kier molecular flexibility index (Phi) is 4.51. The van der Waals surface area contributed by atoms with Crippen LogP contribution in [0.3, 0.4) is 0 Å². The summed E-state index contributed by atoms with van der Waals surface area (Å²) in [6.07, 6.45) is -3.32. The quantitative estimate of drug-likeness (QED) is 0.447. The second-order valence-corrected chi connectivity index (χ2v) is 7.78. The highest BCUT2D eigenvalue weighted by Gasteiger charge is 2.62. The van der Waals surface area contributed by atoms with Crippen LogP contribution < -0.4 is 0 Å². The Morgan fingerprint density at radius 2 is 1.70 bits per heavy atom. The van der Waals surface area contributed by atoms with Crippen molar-refractivity contribution in [1.82, 2.24) is 0 Å². The summed E-state index contributed by atoms with van der Waals surface area (Å²) in [5, 5.41) is 49.7. The Morgan fingerprint density at radius 1 is 1.04 bits per heavy atom. The lowest BCUT2D eigenvalue weighted by molar-refractivity contribution is -0.311. The molecule has 134 valence electrons. The molecule has 0 radical (unpaired) electrons. The van der Waals surface area contributed by atoms with Crippen molar-refractivity contribution in [2.24, 2.45) is 17.3 Å². The Hall–Kier alpha value is -0.280. The molecule has 0 aromatic rings. The summed E-state index contributed by atoms with van der Waals surface area (Å²) < 4.78 is 11.1. The molecule has 0 aromatic heterocycles. The van der Waals surface area contributed by atoms with Crippen LogP contribution in [0.15, 0.2) is 0 Å². The van der Waals surface area contributed by atoms with E-state index in [0.717, 1.165) is 19.3 Å². The van der Waals surface area contributed by atoms with Gasteiger partial charge >= 0.3 is 0 Å². The lowest BCUT2D eigenvalue weighted by atomic mass is 9.65. The molecular formula is C16H28O7. The van der Waals surface area contributed by atoms with Gasteiger partial charge in [-0.1, -0.05) is 6.92 Å². The van der Waals surface area contributed by atoms with Crippen LogP contribution in [-0.4, -0.2) is 75.1 Å². The second-order valence-electron chi connectivity index (χ2n) is 7.78. The van der Waals surface area contributed by atoms with Gasteiger partial charge in [-0.05, 0) is 38.0 Å². The highest BCUT2D eigenvalue weighted by molar-refractivity contribution is 5.11. The van der Waals surface area contributed by atoms with Gasteiger partial charge in [-0.25, -0.2) is 0 Å². The minimum absolute atomic E-state index is 0.184. The third kappa shape index (κ3) is 2.54. The first kappa shape index (κ1) is 17.5. The number of hydrogen-bond donors (Lipinski definition) is 5. The van der Waals surface area contributed by atoms with Gasteiger partial charge in [0.1, 0.15) is 24.4 Å². The van der Waals surface area contributed by atoms with E-state index < -0.39 is 48.3 Å². The van der Waals surface area contributed by atoms with Crippen molar-refractivity contribution in [2.45, 2.75) is 69.4 Å². The maximum Gasteiger partial charge on any atom is 0.186 e. The summed E-state index contributed by atoms with van der Waals surface area (Å²) in [5.74, 6) is 0.614. The van der Waals surface area contributed by atoms with E-state index in [1.165, 1.54) is 0 Å². The summed E-state index contributed by atoms with van der Waals surface area (Å²) in [6.45, 7) is 3.53. The van der Waals surface area contributed by atoms with Crippen LogP contribution in [0.2, 0.25) is 0 Å². The van der Waals surface area contributed by atoms with E-state index in [9.17, 15) is 25.5 Å². The molecule has 7 nitrogen and oxygen atoms in total. The Balaban J connectivity index is 1.68. The summed E-state index contributed by atoms with van der Waals surface area (Å²) in [5.41, 5.74) is -1.29. The van der Waals surface area contributed by atoms with Crippen LogP contribution in [0, 0.1) is 17.3 Å². The minimum Gasteiger partial charge on any atom is -0.394 e. The van der Waals surface area contributed by atoms with Crippen LogP contribution in [0.25, 0.3) is 0 Å². The predicted octanol–water partition coefficient (Wildman–Crippen LogP) is -1.01. The van der Waals surface area contributed by atoms with E-state index in [1.807, 2.05) is 13.8 Å². The third-order valence-electron chi connectivity index (χ3n) is 6.68. The zero-order valence-corrected chi connectivity index (χ0v) is 13.6. The van der Waals surface area contributed by atoms with Crippen molar-refractivity contribution < 1.29 is 35.0 Å². The third-order valence-corrected chi connectivity index (χ3v) is 6.68. The minimum atomic E-state index is -1.45. The molecule has 5 N–H and O–H groups in total. The summed E-state index contributed by atoms with van der Waals surface area (Å²) in [7, 11) is 0. The van der Waals surface area contributed by atoms with Crippen molar-refractivity contribution in [3.63, 3.8) is 0 Å². The molecule has 0 amide bonds. The van der Waals surface area contributed by atoms with Crippen molar-refractivity contribution in [1.29, 1.82) is 0 Å². The maximum absolute atomic E-state index is 10.9. The van der Waals surface area contributed by atoms with Crippen LogP contribution in [0.1, 0.15) is 33.1 Å². The zero-order valence-electron chi connectivity index (χ0n) is 13.6. The molecule has 0 aromatic carbocycles. The smallest absolute Gasteiger partial charge is 0.186 e. The lowest BCUT2D eigenvalue weighted by Crippen LogP contribution is -2.60.